The van der Waals surface area contributed by atoms with Crippen molar-refractivity contribution in [1.29, 1.82) is 0 Å². The van der Waals surface area contributed by atoms with Gasteiger partial charge in [-0.25, -0.2) is 9.82 Å². The van der Waals surface area contributed by atoms with Crippen LogP contribution in [0.4, 0.5) is 4.39 Å². The molecule has 6 heteroatoms. The normalized spacial score (nSPS) is 19.6. The van der Waals surface area contributed by atoms with Gasteiger partial charge < -0.3 is 10.1 Å². The van der Waals surface area contributed by atoms with Crippen molar-refractivity contribution in [1.82, 2.24) is 16.2 Å². The van der Waals surface area contributed by atoms with Crippen LogP contribution in [0.25, 0.3) is 0 Å². The summed E-state index contributed by atoms with van der Waals surface area (Å²) in [5.41, 5.74) is 5.82. The molecule has 2 rings (SSSR count). The molecule has 110 valence electrons. The van der Waals surface area contributed by atoms with E-state index in [1.54, 1.807) is 12.1 Å². The maximum atomic E-state index is 13.1. The average molecular weight is 281 g/mol. The van der Waals surface area contributed by atoms with E-state index >= 15 is 0 Å². The zero-order valence-corrected chi connectivity index (χ0v) is 11.5. The van der Waals surface area contributed by atoms with Gasteiger partial charge >= 0.3 is 0 Å². The maximum Gasteiger partial charge on any atom is 0.238 e. The lowest BCUT2D eigenvalue weighted by atomic mass is 10.2. The number of hydrogen-bond donors (Lipinski definition) is 3. The Bertz CT molecular complexity index is 450. The second-order valence-corrected chi connectivity index (χ2v) is 4.76. The van der Waals surface area contributed by atoms with Gasteiger partial charge in [-0.05, 0) is 25.0 Å². The topological polar surface area (TPSA) is 62.4 Å². The summed E-state index contributed by atoms with van der Waals surface area (Å²) in [7, 11) is 0. The summed E-state index contributed by atoms with van der Waals surface area (Å²) in [5, 5.41) is 2.85. The third-order valence-electron chi connectivity index (χ3n) is 3.21. The number of carbonyl (C=O) groups excluding carboxylic acids is 1. The molecule has 2 unspecified atom stereocenters. The first-order valence-electron chi connectivity index (χ1n) is 6.87. The number of amides is 1. The Hall–Kier alpha value is -1.66. The van der Waals surface area contributed by atoms with Gasteiger partial charge in [-0.1, -0.05) is 13.0 Å². The van der Waals surface area contributed by atoms with E-state index in [9.17, 15) is 9.18 Å². The molecule has 0 spiro atoms. The summed E-state index contributed by atoms with van der Waals surface area (Å²) in [6, 6.07) is 5.82. The smallest absolute Gasteiger partial charge is 0.238 e. The highest BCUT2D eigenvalue weighted by Crippen LogP contribution is 2.14. The second kappa shape index (κ2) is 7.21. The number of benzene rings is 1. The largest absolute Gasteiger partial charge is 0.489 e. The number of hydrogen-bond acceptors (Lipinski definition) is 4. The molecule has 20 heavy (non-hydrogen) atoms. The van der Waals surface area contributed by atoms with E-state index < -0.39 is 0 Å². The van der Waals surface area contributed by atoms with Crippen molar-refractivity contribution in [2.45, 2.75) is 31.9 Å². The van der Waals surface area contributed by atoms with Crippen LogP contribution < -0.4 is 20.9 Å². The van der Waals surface area contributed by atoms with Crippen molar-refractivity contribution in [2.75, 3.05) is 13.1 Å². The van der Waals surface area contributed by atoms with Gasteiger partial charge in [-0.3, -0.25) is 10.2 Å². The Balaban J connectivity index is 1.81. The predicted octanol–water partition coefficient (Wildman–Crippen LogP) is 0.966. The summed E-state index contributed by atoms with van der Waals surface area (Å²) in [4.78, 5) is 11.8. The van der Waals surface area contributed by atoms with Crippen LogP contribution in [0.15, 0.2) is 24.3 Å². The molecule has 0 bridgehead atoms. The molecular weight excluding hydrogens is 261 g/mol. The molecule has 0 saturated carbocycles. The van der Waals surface area contributed by atoms with Crippen molar-refractivity contribution in [2.24, 2.45) is 0 Å². The Morgan fingerprint density at radius 2 is 2.45 bits per heavy atom. The molecule has 3 N–H and O–H groups in total. The Labute approximate surface area is 117 Å². The number of rotatable bonds is 6. The summed E-state index contributed by atoms with van der Waals surface area (Å²) in [6.45, 7) is 3.16. The zero-order valence-electron chi connectivity index (χ0n) is 11.5. The van der Waals surface area contributed by atoms with Crippen LogP contribution in [0.1, 0.15) is 19.8 Å². The first-order chi connectivity index (χ1) is 9.69. The number of hydrazine groups is 1. The van der Waals surface area contributed by atoms with E-state index in [2.05, 4.69) is 16.2 Å². The van der Waals surface area contributed by atoms with E-state index in [1.807, 2.05) is 6.92 Å². The van der Waals surface area contributed by atoms with Crippen molar-refractivity contribution < 1.29 is 13.9 Å². The standard InChI is InChI=1S/C14H20FN3O2/c1-2-11(20-12-5-3-4-10(15)8-12)9-16-14(19)13-6-7-17-18-13/h3-5,8,11,13,17-18H,2,6-7,9H2,1H3,(H,16,19). The van der Waals surface area contributed by atoms with Crippen molar-refractivity contribution in [3.63, 3.8) is 0 Å². The first-order valence-corrected chi connectivity index (χ1v) is 6.87. The minimum atomic E-state index is -0.331. The van der Waals surface area contributed by atoms with Crippen LogP contribution in [0.2, 0.25) is 0 Å². The van der Waals surface area contributed by atoms with Crippen LogP contribution in [0.5, 0.6) is 5.75 Å². The molecule has 1 saturated heterocycles. The molecule has 1 amide bonds. The first kappa shape index (κ1) is 14.7. The van der Waals surface area contributed by atoms with Crippen LogP contribution in [-0.2, 0) is 4.79 Å². The van der Waals surface area contributed by atoms with Crippen molar-refractivity contribution in [3.8, 4) is 5.75 Å². The summed E-state index contributed by atoms with van der Waals surface area (Å²) in [6.07, 6.45) is 1.33. The van der Waals surface area contributed by atoms with Gasteiger partial charge in [0.25, 0.3) is 0 Å². The number of nitrogens with one attached hydrogen (secondary N) is 3. The third kappa shape index (κ3) is 4.18. The fourth-order valence-electron chi connectivity index (χ4n) is 2.02. The van der Waals surface area contributed by atoms with Crippen molar-refractivity contribution in [3.05, 3.63) is 30.1 Å². The highest BCUT2D eigenvalue weighted by molar-refractivity contribution is 5.81. The highest BCUT2D eigenvalue weighted by Gasteiger charge is 2.22. The van der Waals surface area contributed by atoms with Crippen LogP contribution in [-0.4, -0.2) is 31.1 Å². The average Bonchev–Trinajstić information content (AvgIpc) is 2.97. The van der Waals surface area contributed by atoms with Crippen LogP contribution in [0.3, 0.4) is 0 Å². The monoisotopic (exact) mass is 281 g/mol. The molecular formula is C14H20FN3O2. The van der Waals surface area contributed by atoms with E-state index in [0.717, 1.165) is 19.4 Å². The molecule has 0 aliphatic carbocycles. The molecule has 1 heterocycles. The van der Waals surface area contributed by atoms with Gasteiger partial charge in [0, 0.05) is 12.6 Å². The quantitative estimate of drug-likeness (QED) is 0.727. The minimum absolute atomic E-state index is 0.0451. The molecule has 1 aliphatic heterocycles. The predicted molar refractivity (Wildman–Crippen MR) is 73.7 cm³/mol. The van der Waals surface area contributed by atoms with Crippen LogP contribution >= 0.6 is 0 Å². The molecule has 0 radical (unpaired) electrons. The summed E-state index contributed by atoms with van der Waals surface area (Å²) >= 11 is 0. The number of ether oxygens (including phenoxy) is 1. The van der Waals surface area contributed by atoms with E-state index in [4.69, 9.17) is 4.74 Å². The molecule has 1 aromatic carbocycles. The lowest BCUT2D eigenvalue weighted by Crippen LogP contribution is -2.46. The Kier molecular flexibility index (Phi) is 5.31. The van der Waals surface area contributed by atoms with Gasteiger partial charge in [0.05, 0.1) is 6.54 Å². The second-order valence-electron chi connectivity index (χ2n) is 4.76. The lowest BCUT2D eigenvalue weighted by molar-refractivity contribution is -0.123. The number of carbonyl (C=O) groups is 1. The zero-order chi connectivity index (χ0) is 14.4. The minimum Gasteiger partial charge on any atom is -0.489 e. The Morgan fingerprint density at radius 3 is 3.10 bits per heavy atom. The maximum absolute atomic E-state index is 13.1. The lowest BCUT2D eigenvalue weighted by Gasteiger charge is -2.19. The SMILES string of the molecule is CCC(CNC(=O)C1CCNN1)Oc1cccc(F)c1. The van der Waals surface area contributed by atoms with E-state index in [1.165, 1.54) is 12.1 Å². The molecule has 1 aliphatic rings. The molecule has 5 nitrogen and oxygen atoms in total. The van der Waals surface area contributed by atoms with Gasteiger partial charge in [-0.2, -0.15) is 0 Å². The van der Waals surface area contributed by atoms with Gasteiger partial charge in [0.1, 0.15) is 23.7 Å². The summed E-state index contributed by atoms with van der Waals surface area (Å²) < 4.78 is 18.7. The van der Waals surface area contributed by atoms with E-state index in [-0.39, 0.29) is 23.9 Å². The Morgan fingerprint density at radius 1 is 1.60 bits per heavy atom. The summed E-state index contributed by atoms with van der Waals surface area (Å²) in [5.74, 6) is 0.102. The molecule has 1 fully saturated rings. The molecule has 2 atom stereocenters. The fourth-order valence-corrected chi connectivity index (χ4v) is 2.02. The van der Waals surface area contributed by atoms with Gasteiger partial charge in [0.2, 0.25) is 5.91 Å². The molecule has 1 aromatic rings. The number of halogens is 1. The third-order valence-corrected chi connectivity index (χ3v) is 3.21. The van der Waals surface area contributed by atoms with Crippen molar-refractivity contribution >= 4 is 5.91 Å². The van der Waals surface area contributed by atoms with Gasteiger partial charge in [0.15, 0.2) is 0 Å². The highest BCUT2D eigenvalue weighted by atomic mass is 19.1. The molecule has 0 aromatic heterocycles. The van der Waals surface area contributed by atoms with E-state index in [0.29, 0.717) is 12.3 Å². The van der Waals surface area contributed by atoms with Gasteiger partial charge in [-0.15, -0.1) is 0 Å². The fraction of sp³-hybridized carbons (Fsp3) is 0.500. The van der Waals surface area contributed by atoms with Crippen LogP contribution in [0, 0.1) is 5.82 Å².